The highest BCUT2D eigenvalue weighted by molar-refractivity contribution is 5.81. The summed E-state index contributed by atoms with van der Waals surface area (Å²) in [5.41, 5.74) is 0.930. The average Bonchev–Trinajstić information content (AvgIpc) is 2.38. The summed E-state index contributed by atoms with van der Waals surface area (Å²) in [6.07, 6.45) is 1.50. The molecular formula is C13H15NO5. The number of carbonyl (C=O) groups is 1. The van der Waals surface area contributed by atoms with Crippen molar-refractivity contribution >= 4 is 11.7 Å². The summed E-state index contributed by atoms with van der Waals surface area (Å²) >= 11 is 0. The fraction of sp³-hybridized carbons (Fsp3) is 0.308. The second-order valence-corrected chi connectivity index (χ2v) is 3.78. The van der Waals surface area contributed by atoms with Crippen molar-refractivity contribution in [3.05, 3.63) is 52.1 Å². The Balaban J connectivity index is 2.87. The Bertz CT molecular complexity index is 484. The number of hydrogen-bond acceptors (Lipinski definition) is 5. The summed E-state index contributed by atoms with van der Waals surface area (Å²) in [7, 11) is 0. The van der Waals surface area contributed by atoms with Gasteiger partial charge in [0.1, 0.15) is 0 Å². The molecule has 19 heavy (non-hydrogen) atoms. The molecule has 0 saturated heterocycles. The van der Waals surface area contributed by atoms with Crippen molar-refractivity contribution < 1.29 is 19.6 Å². The summed E-state index contributed by atoms with van der Waals surface area (Å²) in [4.78, 5) is 21.5. The number of hydrogen-bond donors (Lipinski definition) is 1. The third-order valence-corrected chi connectivity index (χ3v) is 2.55. The van der Waals surface area contributed by atoms with Crippen LogP contribution in [0.15, 0.2) is 30.9 Å². The predicted octanol–water partition coefficient (Wildman–Crippen LogP) is 1.40. The molecule has 0 heterocycles. The van der Waals surface area contributed by atoms with Crippen molar-refractivity contribution in [3.8, 4) is 0 Å². The van der Waals surface area contributed by atoms with Crippen LogP contribution in [0.3, 0.4) is 0 Å². The molecule has 0 bridgehead atoms. The Morgan fingerprint density at radius 3 is 2.58 bits per heavy atom. The third-order valence-electron chi connectivity index (χ3n) is 2.55. The topological polar surface area (TPSA) is 89.7 Å². The molecule has 1 N–H and O–H groups in total. The molecule has 1 aromatic rings. The van der Waals surface area contributed by atoms with Crippen molar-refractivity contribution in [2.45, 2.75) is 12.8 Å². The molecule has 1 rings (SSSR count). The molecule has 6 nitrogen and oxygen atoms in total. The Morgan fingerprint density at radius 1 is 1.42 bits per heavy atom. The maximum Gasteiger partial charge on any atom is 0.330 e. The molecule has 0 spiro atoms. The number of aliphatic hydroxyl groups excluding tert-OH is 1. The monoisotopic (exact) mass is 265 g/mol. The van der Waals surface area contributed by atoms with E-state index in [1.807, 2.05) is 0 Å². The lowest BCUT2D eigenvalue weighted by Crippen LogP contribution is -2.07. The second-order valence-electron chi connectivity index (χ2n) is 3.78. The normalized spacial score (nSPS) is 9.95. The van der Waals surface area contributed by atoms with Gasteiger partial charge in [0.25, 0.3) is 5.69 Å². The van der Waals surface area contributed by atoms with Gasteiger partial charge in [0.2, 0.25) is 0 Å². The maximum atomic E-state index is 11.1. The molecule has 0 radical (unpaired) electrons. The van der Waals surface area contributed by atoms with Gasteiger partial charge in [-0.05, 0) is 0 Å². The minimum absolute atomic E-state index is 0.0220. The van der Waals surface area contributed by atoms with Crippen LogP contribution >= 0.6 is 0 Å². The molecule has 0 unspecified atom stereocenters. The Hall–Kier alpha value is -2.21. The molecule has 0 atom stereocenters. The summed E-state index contributed by atoms with van der Waals surface area (Å²) in [6.45, 7) is 3.15. The molecule has 6 heteroatoms. The number of ether oxygens (including phenoxy) is 1. The van der Waals surface area contributed by atoms with E-state index in [0.29, 0.717) is 11.1 Å². The van der Waals surface area contributed by atoms with Gasteiger partial charge in [-0.2, -0.15) is 0 Å². The van der Waals surface area contributed by atoms with E-state index >= 15 is 0 Å². The van der Waals surface area contributed by atoms with Gasteiger partial charge in [-0.3, -0.25) is 10.1 Å². The Kier molecular flexibility index (Phi) is 5.69. The number of benzene rings is 1. The zero-order chi connectivity index (χ0) is 14.3. The predicted molar refractivity (Wildman–Crippen MR) is 68.7 cm³/mol. The first-order valence-corrected chi connectivity index (χ1v) is 5.75. The fourth-order valence-electron chi connectivity index (χ4n) is 1.72. The van der Waals surface area contributed by atoms with Gasteiger partial charge in [0, 0.05) is 36.7 Å². The van der Waals surface area contributed by atoms with Gasteiger partial charge in [-0.1, -0.05) is 24.8 Å². The minimum atomic E-state index is -0.561. The van der Waals surface area contributed by atoms with Gasteiger partial charge >= 0.3 is 5.97 Å². The number of carbonyl (C=O) groups excluding carboxylic acids is 1. The first kappa shape index (κ1) is 14.8. The molecule has 0 saturated carbocycles. The molecule has 0 aliphatic rings. The number of rotatable bonds is 7. The van der Waals surface area contributed by atoms with Crippen LogP contribution in [0.1, 0.15) is 11.1 Å². The maximum absolute atomic E-state index is 11.1. The number of nitro groups is 1. The van der Waals surface area contributed by atoms with Crippen molar-refractivity contribution in [1.29, 1.82) is 0 Å². The van der Waals surface area contributed by atoms with Crippen LogP contribution < -0.4 is 0 Å². The van der Waals surface area contributed by atoms with E-state index in [1.165, 1.54) is 0 Å². The highest BCUT2D eigenvalue weighted by Crippen LogP contribution is 2.24. The molecular weight excluding hydrogens is 250 g/mol. The summed E-state index contributed by atoms with van der Waals surface area (Å²) in [5, 5.41) is 20.0. The number of nitro benzene ring substituents is 1. The highest BCUT2D eigenvalue weighted by Gasteiger charge is 2.18. The largest absolute Gasteiger partial charge is 0.462 e. The Labute approximate surface area is 110 Å². The van der Waals surface area contributed by atoms with Crippen LogP contribution in [0.25, 0.3) is 0 Å². The van der Waals surface area contributed by atoms with Gasteiger partial charge in [0.05, 0.1) is 11.5 Å². The molecule has 0 aliphatic heterocycles. The highest BCUT2D eigenvalue weighted by atomic mass is 16.6. The van der Waals surface area contributed by atoms with Gasteiger partial charge in [0.15, 0.2) is 0 Å². The lowest BCUT2D eigenvalue weighted by molar-refractivity contribution is -0.386. The number of para-hydroxylation sites is 1. The van der Waals surface area contributed by atoms with E-state index in [0.717, 1.165) is 6.08 Å². The molecule has 0 fully saturated rings. The van der Waals surface area contributed by atoms with Crippen molar-refractivity contribution in [3.63, 3.8) is 0 Å². The number of aliphatic hydroxyl groups is 1. The van der Waals surface area contributed by atoms with E-state index < -0.39 is 10.9 Å². The number of nitrogens with zero attached hydrogens (tertiary/aromatic N) is 1. The molecule has 0 aromatic heterocycles. The lowest BCUT2D eigenvalue weighted by atomic mass is 10.0. The Morgan fingerprint density at radius 2 is 2.05 bits per heavy atom. The zero-order valence-electron chi connectivity index (χ0n) is 10.4. The first-order valence-electron chi connectivity index (χ1n) is 5.75. The van der Waals surface area contributed by atoms with E-state index in [1.54, 1.807) is 18.2 Å². The lowest BCUT2D eigenvalue weighted by Gasteiger charge is -2.07. The summed E-state index contributed by atoms with van der Waals surface area (Å²) < 4.78 is 4.80. The smallest absolute Gasteiger partial charge is 0.330 e. The standard InChI is InChI=1S/C13H15NO5/c1-2-12(16)19-9-7-11-5-3-4-10(6-8-15)13(11)14(17)18/h2-5,15H,1,6-9H2. The van der Waals surface area contributed by atoms with Crippen molar-refractivity contribution in [2.75, 3.05) is 13.2 Å². The first-order chi connectivity index (χ1) is 9.10. The van der Waals surface area contributed by atoms with Crippen LogP contribution in [-0.4, -0.2) is 29.2 Å². The second kappa shape index (κ2) is 7.27. The van der Waals surface area contributed by atoms with Crippen LogP contribution in [0.2, 0.25) is 0 Å². The van der Waals surface area contributed by atoms with Gasteiger partial charge < -0.3 is 9.84 Å². The van der Waals surface area contributed by atoms with Crippen LogP contribution in [-0.2, 0) is 22.4 Å². The summed E-state index contributed by atoms with van der Waals surface area (Å²) in [6, 6.07) is 4.90. The van der Waals surface area contributed by atoms with E-state index in [9.17, 15) is 14.9 Å². The quantitative estimate of drug-likeness (QED) is 0.348. The van der Waals surface area contributed by atoms with Gasteiger partial charge in [-0.25, -0.2) is 4.79 Å². The van der Waals surface area contributed by atoms with E-state index in [4.69, 9.17) is 9.84 Å². The van der Waals surface area contributed by atoms with Crippen LogP contribution in [0.4, 0.5) is 5.69 Å². The fourth-order valence-corrected chi connectivity index (χ4v) is 1.72. The van der Waals surface area contributed by atoms with Crippen molar-refractivity contribution in [1.82, 2.24) is 0 Å². The molecule has 0 amide bonds. The molecule has 1 aromatic carbocycles. The van der Waals surface area contributed by atoms with E-state index in [-0.39, 0.29) is 31.7 Å². The third kappa shape index (κ3) is 4.18. The zero-order valence-corrected chi connectivity index (χ0v) is 10.4. The number of esters is 1. The van der Waals surface area contributed by atoms with Gasteiger partial charge in [-0.15, -0.1) is 0 Å². The van der Waals surface area contributed by atoms with Crippen LogP contribution in [0.5, 0.6) is 0 Å². The SMILES string of the molecule is C=CC(=O)OCCc1cccc(CCO)c1[N+](=O)[O-]. The summed E-state index contributed by atoms with van der Waals surface area (Å²) in [5.74, 6) is -0.561. The van der Waals surface area contributed by atoms with E-state index in [2.05, 4.69) is 6.58 Å². The molecule has 0 aliphatic carbocycles. The van der Waals surface area contributed by atoms with Crippen LogP contribution in [0, 0.1) is 10.1 Å². The molecule has 102 valence electrons. The van der Waals surface area contributed by atoms with Crippen molar-refractivity contribution in [2.24, 2.45) is 0 Å². The minimum Gasteiger partial charge on any atom is -0.462 e. The average molecular weight is 265 g/mol.